The fraction of sp³-hybridized carbons (Fsp3) is 0. The molecule has 0 aliphatic carbocycles. The van der Waals surface area contributed by atoms with Gasteiger partial charge < -0.3 is 5.11 Å². The summed E-state index contributed by atoms with van der Waals surface area (Å²) in [6, 6.07) is 13.5. The second-order valence-electron chi connectivity index (χ2n) is 3.67. The third-order valence-electron chi connectivity index (χ3n) is 2.60. The van der Waals surface area contributed by atoms with E-state index in [9.17, 15) is 5.11 Å². The van der Waals surface area contributed by atoms with Gasteiger partial charge in [0.05, 0.1) is 14.9 Å². The van der Waals surface area contributed by atoms with Gasteiger partial charge in [0, 0.05) is 10.9 Å². The Morgan fingerprint density at radius 1 is 1.06 bits per heavy atom. The number of nitrogens with zero attached hydrogens (tertiary/aromatic N) is 1. The van der Waals surface area contributed by atoms with Crippen molar-refractivity contribution in [2.75, 3.05) is 0 Å². The van der Waals surface area contributed by atoms with Crippen molar-refractivity contribution in [1.29, 1.82) is 0 Å². The number of benzene rings is 2. The van der Waals surface area contributed by atoms with Crippen LogP contribution in [0.4, 0.5) is 0 Å². The molecule has 84 valence electrons. The van der Waals surface area contributed by atoms with Crippen molar-refractivity contribution < 1.29 is 5.11 Å². The molecule has 2 aromatic carbocycles. The maximum Gasteiger partial charge on any atom is 0.130 e. The molecule has 17 heavy (non-hydrogen) atoms. The molecule has 0 aliphatic heterocycles. The minimum Gasteiger partial charge on any atom is -0.507 e. The first kappa shape index (κ1) is 10.7. The Morgan fingerprint density at radius 2 is 1.82 bits per heavy atom. The number of hydrogen-bond donors (Lipinski definition) is 1. The third kappa shape index (κ3) is 1.73. The van der Waals surface area contributed by atoms with Crippen LogP contribution in [-0.2, 0) is 0 Å². The average molecular weight is 306 g/mol. The highest BCUT2D eigenvalue weighted by Gasteiger charge is 2.13. The zero-order chi connectivity index (χ0) is 11.8. The second kappa shape index (κ2) is 4.13. The Balaban J connectivity index is 2.35. The number of phenols is 1. The van der Waals surface area contributed by atoms with Crippen molar-refractivity contribution in [2.45, 2.75) is 0 Å². The number of halogens is 1. The van der Waals surface area contributed by atoms with Crippen LogP contribution in [0.5, 0.6) is 5.75 Å². The maximum atomic E-state index is 9.74. The molecular formula is C13H8BrNOS. The molecule has 1 heterocycles. The van der Waals surface area contributed by atoms with Crippen LogP contribution < -0.4 is 0 Å². The number of aromatic hydroxyl groups is 1. The molecule has 1 N–H and O–H groups in total. The van der Waals surface area contributed by atoms with Crippen LogP contribution in [0, 0.1) is 0 Å². The average Bonchev–Trinajstić information content (AvgIpc) is 2.79. The van der Waals surface area contributed by atoms with E-state index in [1.54, 1.807) is 6.07 Å². The van der Waals surface area contributed by atoms with Crippen molar-refractivity contribution in [3.8, 4) is 17.0 Å². The summed E-state index contributed by atoms with van der Waals surface area (Å²) in [5.74, 6) is 0.245. The Bertz CT molecular complexity index is 678. The summed E-state index contributed by atoms with van der Waals surface area (Å²) in [6.07, 6.45) is 0. The van der Waals surface area contributed by atoms with Gasteiger partial charge in [0.1, 0.15) is 5.75 Å². The fourth-order valence-corrected chi connectivity index (χ4v) is 3.25. The van der Waals surface area contributed by atoms with E-state index < -0.39 is 0 Å². The SMILES string of the molecule is Oc1ccc2snc(-c3ccccc3)c2c1Br. The molecule has 0 amide bonds. The van der Waals surface area contributed by atoms with Gasteiger partial charge in [-0.15, -0.1) is 0 Å². The lowest BCUT2D eigenvalue weighted by Gasteiger charge is -2.01. The summed E-state index contributed by atoms with van der Waals surface area (Å²) in [4.78, 5) is 0. The molecule has 1 aromatic heterocycles. The number of rotatable bonds is 1. The second-order valence-corrected chi connectivity index (χ2v) is 5.27. The van der Waals surface area contributed by atoms with E-state index in [-0.39, 0.29) is 5.75 Å². The lowest BCUT2D eigenvalue weighted by molar-refractivity contribution is 0.473. The molecule has 0 saturated heterocycles. The third-order valence-corrected chi connectivity index (χ3v) is 4.22. The van der Waals surface area contributed by atoms with Gasteiger partial charge in [-0.25, -0.2) is 0 Å². The molecule has 4 heteroatoms. The Kier molecular flexibility index (Phi) is 2.61. The standard InChI is InChI=1S/C13H8BrNOS/c14-12-9(16)6-7-10-11(12)13(15-17-10)8-4-2-1-3-5-8/h1-7,16H. The fourth-order valence-electron chi connectivity index (χ4n) is 1.78. The van der Waals surface area contributed by atoms with E-state index in [1.807, 2.05) is 36.4 Å². The molecule has 0 spiro atoms. The Morgan fingerprint density at radius 3 is 2.59 bits per heavy atom. The molecule has 0 fully saturated rings. The highest BCUT2D eigenvalue weighted by Crippen LogP contribution is 2.40. The van der Waals surface area contributed by atoms with Crippen LogP contribution in [-0.4, -0.2) is 9.48 Å². The van der Waals surface area contributed by atoms with Gasteiger partial charge in [-0.3, -0.25) is 0 Å². The van der Waals surface area contributed by atoms with Crippen LogP contribution in [0.1, 0.15) is 0 Å². The summed E-state index contributed by atoms with van der Waals surface area (Å²) in [7, 11) is 0. The van der Waals surface area contributed by atoms with Crippen molar-refractivity contribution in [1.82, 2.24) is 4.37 Å². The van der Waals surface area contributed by atoms with E-state index in [0.717, 1.165) is 21.3 Å². The first-order chi connectivity index (χ1) is 8.27. The summed E-state index contributed by atoms with van der Waals surface area (Å²) in [6.45, 7) is 0. The Labute approximate surface area is 111 Å². The number of phenolic OH excluding ortho intramolecular Hbond substituents is 1. The van der Waals surface area contributed by atoms with E-state index >= 15 is 0 Å². The lowest BCUT2D eigenvalue weighted by Crippen LogP contribution is -1.78. The molecule has 0 atom stereocenters. The quantitative estimate of drug-likeness (QED) is 0.721. The molecule has 0 aliphatic rings. The van der Waals surface area contributed by atoms with Crippen molar-refractivity contribution in [2.24, 2.45) is 0 Å². The summed E-state index contributed by atoms with van der Waals surface area (Å²) < 4.78 is 6.24. The van der Waals surface area contributed by atoms with Crippen LogP contribution in [0.15, 0.2) is 46.9 Å². The minimum atomic E-state index is 0.245. The zero-order valence-corrected chi connectivity index (χ0v) is 11.1. The zero-order valence-electron chi connectivity index (χ0n) is 8.72. The molecule has 3 rings (SSSR count). The number of hydrogen-bond acceptors (Lipinski definition) is 3. The van der Waals surface area contributed by atoms with Crippen LogP contribution in [0.3, 0.4) is 0 Å². The topological polar surface area (TPSA) is 33.1 Å². The molecule has 3 aromatic rings. The molecule has 0 bridgehead atoms. The van der Waals surface area contributed by atoms with Gasteiger partial charge in [-0.1, -0.05) is 30.3 Å². The van der Waals surface area contributed by atoms with Gasteiger partial charge >= 0.3 is 0 Å². The van der Waals surface area contributed by atoms with E-state index in [2.05, 4.69) is 20.3 Å². The Hall–Kier alpha value is -1.39. The summed E-state index contributed by atoms with van der Waals surface area (Å²) >= 11 is 4.87. The van der Waals surface area contributed by atoms with Gasteiger partial charge in [0.25, 0.3) is 0 Å². The van der Waals surface area contributed by atoms with Crippen molar-refractivity contribution in [3.63, 3.8) is 0 Å². The summed E-state index contributed by atoms with van der Waals surface area (Å²) in [5.41, 5.74) is 1.97. The number of aromatic nitrogens is 1. The van der Waals surface area contributed by atoms with Gasteiger partial charge in [0.2, 0.25) is 0 Å². The predicted molar refractivity (Wildman–Crippen MR) is 74.4 cm³/mol. The molecule has 0 unspecified atom stereocenters. The van der Waals surface area contributed by atoms with Crippen LogP contribution in [0.25, 0.3) is 21.3 Å². The molecule has 0 saturated carbocycles. The minimum absolute atomic E-state index is 0.245. The highest BCUT2D eigenvalue weighted by atomic mass is 79.9. The normalized spacial score (nSPS) is 10.9. The van der Waals surface area contributed by atoms with E-state index in [1.165, 1.54) is 11.5 Å². The summed E-state index contributed by atoms with van der Waals surface area (Å²) in [5, 5.41) is 10.7. The lowest BCUT2D eigenvalue weighted by atomic mass is 10.1. The van der Waals surface area contributed by atoms with Gasteiger partial charge in [-0.05, 0) is 39.6 Å². The van der Waals surface area contributed by atoms with E-state index in [4.69, 9.17) is 0 Å². The van der Waals surface area contributed by atoms with Gasteiger partial charge in [0.15, 0.2) is 0 Å². The molecular weight excluding hydrogens is 298 g/mol. The van der Waals surface area contributed by atoms with Crippen LogP contribution >= 0.6 is 27.5 Å². The number of fused-ring (bicyclic) bond motifs is 1. The van der Waals surface area contributed by atoms with Crippen molar-refractivity contribution in [3.05, 3.63) is 46.9 Å². The first-order valence-corrected chi connectivity index (χ1v) is 6.66. The smallest absolute Gasteiger partial charge is 0.130 e. The first-order valence-electron chi connectivity index (χ1n) is 5.09. The maximum absolute atomic E-state index is 9.74. The predicted octanol–water partition coefficient (Wildman–Crippen LogP) is 4.43. The van der Waals surface area contributed by atoms with E-state index in [0.29, 0.717) is 4.47 Å². The monoisotopic (exact) mass is 305 g/mol. The van der Waals surface area contributed by atoms with Crippen molar-refractivity contribution >= 4 is 37.5 Å². The molecule has 0 radical (unpaired) electrons. The highest BCUT2D eigenvalue weighted by molar-refractivity contribution is 9.10. The molecule has 2 nitrogen and oxygen atoms in total. The van der Waals surface area contributed by atoms with Gasteiger partial charge in [-0.2, -0.15) is 4.37 Å². The largest absolute Gasteiger partial charge is 0.507 e. The van der Waals surface area contributed by atoms with Crippen LogP contribution in [0.2, 0.25) is 0 Å².